The minimum absolute atomic E-state index is 0.243. The van der Waals surface area contributed by atoms with Crippen molar-refractivity contribution in [2.75, 3.05) is 25.9 Å². The van der Waals surface area contributed by atoms with E-state index in [2.05, 4.69) is 59.1 Å². The Labute approximate surface area is 172 Å². The SMILES string of the molecule is CN1CCC(c2cn(Cc3ccccc3)c3ccc(CCS(=O)(=O)O)cc23)CC1. The molecule has 1 aromatic heterocycles. The Hall–Kier alpha value is -2.15. The standard InChI is InChI=1S/C23H28N2O3S/c1-24-12-9-20(10-13-24)22-17-25(16-19-5-3-2-4-6-19)23-8-7-18(15-21(22)23)11-14-29(26,27)28/h2-8,15,17,20H,9-14,16H2,1H3,(H,26,27,28). The van der Waals surface area contributed by atoms with Gasteiger partial charge in [0.05, 0.1) is 5.75 Å². The third-order valence-electron chi connectivity index (χ3n) is 5.98. The molecule has 0 saturated carbocycles. The maximum Gasteiger partial charge on any atom is 0.265 e. The maximum atomic E-state index is 11.2. The number of nitrogens with zero attached hydrogens (tertiary/aromatic N) is 2. The normalized spacial score (nSPS) is 16.5. The summed E-state index contributed by atoms with van der Waals surface area (Å²) in [6, 6.07) is 16.6. The zero-order chi connectivity index (χ0) is 20.4. The van der Waals surface area contributed by atoms with E-state index in [1.807, 2.05) is 12.1 Å². The van der Waals surface area contributed by atoms with Crippen molar-refractivity contribution in [3.8, 4) is 0 Å². The lowest BCUT2D eigenvalue weighted by atomic mass is 9.89. The van der Waals surface area contributed by atoms with Crippen molar-refractivity contribution in [2.24, 2.45) is 0 Å². The number of hydrogen-bond acceptors (Lipinski definition) is 3. The molecule has 0 unspecified atom stereocenters. The first-order valence-electron chi connectivity index (χ1n) is 10.2. The number of piperidine rings is 1. The molecule has 1 saturated heterocycles. The molecule has 0 spiro atoms. The summed E-state index contributed by atoms with van der Waals surface area (Å²) in [6.07, 6.45) is 4.89. The predicted molar refractivity (Wildman–Crippen MR) is 117 cm³/mol. The Morgan fingerprint density at radius 3 is 2.45 bits per heavy atom. The van der Waals surface area contributed by atoms with E-state index in [0.717, 1.165) is 38.0 Å². The number of likely N-dealkylation sites (tertiary alicyclic amines) is 1. The van der Waals surface area contributed by atoms with Crippen LogP contribution < -0.4 is 0 Å². The van der Waals surface area contributed by atoms with Gasteiger partial charge in [-0.15, -0.1) is 0 Å². The van der Waals surface area contributed by atoms with E-state index in [-0.39, 0.29) is 5.75 Å². The Balaban J connectivity index is 1.71. The molecule has 0 amide bonds. The van der Waals surface area contributed by atoms with Crippen molar-refractivity contribution in [3.05, 3.63) is 71.4 Å². The first-order valence-corrected chi connectivity index (χ1v) is 11.8. The Bertz CT molecular complexity index is 1080. The van der Waals surface area contributed by atoms with Gasteiger partial charge < -0.3 is 9.47 Å². The topological polar surface area (TPSA) is 62.5 Å². The molecule has 1 aliphatic rings. The van der Waals surface area contributed by atoms with E-state index in [1.54, 1.807) is 0 Å². The second-order valence-electron chi connectivity index (χ2n) is 8.16. The van der Waals surface area contributed by atoms with Crippen LogP contribution in [0.25, 0.3) is 10.9 Å². The number of aromatic nitrogens is 1. The minimum atomic E-state index is -3.96. The van der Waals surface area contributed by atoms with Gasteiger partial charge in [0.2, 0.25) is 0 Å². The summed E-state index contributed by atoms with van der Waals surface area (Å²) in [5.41, 5.74) is 4.74. The van der Waals surface area contributed by atoms with E-state index in [4.69, 9.17) is 4.55 Å². The van der Waals surface area contributed by atoms with Crippen LogP contribution in [0.15, 0.2) is 54.7 Å². The first-order chi connectivity index (χ1) is 13.9. The van der Waals surface area contributed by atoms with Crippen LogP contribution in [0.4, 0.5) is 0 Å². The largest absolute Gasteiger partial charge is 0.343 e. The fraction of sp³-hybridized carbons (Fsp3) is 0.391. The minimum Gasteiger partial charge on any atom is -0.343 e. The van der Waals surface area contributed by atoms with E-state index in [9.17, 15) is 8.42 Å². The van der Waals surface area contributed by atoms with Gasteiger partial charge in [0.15, 0.2) is 0 Å². The van der Waals surface area contributed by atoms with Gasteiger partial charge in [-0.2, -0.15) is 8.42 Å². The van der Waals surface area contributed by atoms with Crippen LogP contribution in [0.1, 0.15) is 35.4 Å². The molecule has 0 atom stereocenters. The lowest BCUT2D eigenvalue weighted by Gasteiger charge is -2.28. The molecular formula is C23H28N2O3S. The summed E-state index contributed by atoms with van der Waals surface area (Å²) in [4.78, 5) is 2.37. The smallest absolute Gasteiger partial charge is 0.265 e. The summed E-state index contributed by atoms with van der Waals surface area (Å²) in [5.74, 6) is 0.273. The van der Waals surface area contributed by atoms with E-state index < -0.39 is 10.1 Å². The zero-order valence-electron chi connectivity index (χ0n) is 16.8. The zero-order valence-corrected chi connectivity index (χ0v) is 17.6. The molecule has 154 valence electrons. The van der Waals surface area contributed by atoms with Crippen molar-refractivity contribution in [1.82, 2.24) is 9.47 Å². The molecule has 29 heavy (non-hydrogen) atoms. The number of benzene rings is 2. The van der Waals surface area contributed by atoms with Crippen LogP contribution in [-0.4, -0.2) is 48.3 Å². The molecule has 1 fully saturated rings. The Kier molecular flexibility index (Phi) is 5.76. The third-order valence-corrected chi connectivity index (χ3v) is 6.70. The molecule has 3 aromatic rings. The number of hydrogen-bond donors (Lipinski definition) is 1. The van der Waals surface area contributed by atoms with E-state index in [0.29, 0.717) is 12.3 Å². The van der Waals surface area contributed by atoms with E-state index in [1.165, 1.54) is 22.0 Å². The summed E-state index contributed by atoms with van der Waals surface area (Å²) >= 11 is 0. The Morgan fingerprint density at radius 1 is 1.03 bits per heavy atom. The molecule has 4 rings (SSSR count). The van der Waals surface area contributed by atoms with Crippen molar-refractivity contribution in [1.29, 1.82) is 0 Å². The molecule has 0 radical (unpaired) electrons. The lowest BCUT2D eigenvalue weighted by Crippen LogP contribution is -2.29. The highest BCUT2D eigenvalue weighted by Gasteiger charge is 2.22. The van der Waals surface area contributed by atoms with Gasteiger partial charge in [-0.1, -0.05) is 36.4 Å². The monoisotopic (exact) mass is 412 g/mol. The van der Waals surface area contributed by atoms with Crippen molar-refractivity contribution in [3.63, 3.8) is 0 Å². The molecule has 0 aliphatic carbocycles. The molecule has 1 N–H and O–H groups in total. The van der Waals surface area contributed by atoms with Gasteiger partial charge in [0, 0.05) is 23.6 Å². The molecule has 5 nitrogen and oxygen atoms in total. The maximum absolute atomic E-state index is 11.2. The summed E-state index contributed by atoms with van der Waals surface area (Å²) in [6.45, 7) is 3.01. The van der Waals surface area contributed by atoms with Gasteiger partial charge in [-0.25, -0.2) is 0 Å². The highest BCUT2D eigenvalue weighted by molar-refractivity contribution is 7.85. The van der Waals surface area contributed by atoms with E-state index >= 15 is 0 Å². The summed E-state index contributed by atoms with van der Waals surface area (Å²) < 4.78 is 33.8. The number of fused-ring (bicyclic) bond motifs is 1. The molecule has 2 aromatic carbocycles. The van der Waals surface area contributed by atoms with Gasteiger partial charge in [0.25, 0.3) is 10.1 Å². The molecule has 1 aliphatic heterocycles. The number of rotatable bonds is 6. The second kappa shape index (κ2) is 8.30. The average Bonchev–Trinajstić information content (AvgIpc) is 3.05. The van der Waals surface area contributed by atoms with Crippen LogP contribution >= 0.6 is 0 Å². The van der Waals surface area contributed by atoms with Crippen LogP contribution in [0, 0.1) is 0 Å². The van der Waals surface area contributed by atoms with Crippen LogP contribution in [0.3, 0.4) is 0 Å². The highest BCUT2D eigenvalue weighted by Crippen LogP contribution is 2.35. The Morgan fingerprint density at radius 2 is 1.76 bits per heavy atom. The van der Waals surface area contributed by atoms with Gasteiger partial charge in [-0.3, -0.25) is 4.55 Å². The average molecular weight is 413 g/mol. The first kappa shape index (κ1) is 20.1. The van der Waals surface area contributed by atoms with Crippen LogP contribution in [0.2, 0.25) is 0 Å². The number of aryl methyl sites for hydroxylation is 1. The van der Waals surface area contributed by atoms with Crippen molar-refractivity contribution < 1.29 is 13.0 Å². The van der Waals surface area contributed by atoms with Crippen LogP contribution in [-0.2, 0) is 23.1 Å². The molecular weight excluding hydrogens is 384 g/mol. The summed E-state index contributed by atoms with van der Waals surface area (Å²) in [7, 11) is -1.79. The molecule has 2 heterocycles. The predicted octanol–water partition coefficient (Wildman–Crippen LogP) is 3.93. The van der Waals surface area contributed by atoms with Crippen molar-refractivity contribution in [2.45, 2.75) is 31.7 Å². The molecule has 0 bridgehead atoms. The highest BCUT2D eigenvalue weighted by atomic mass is 32.2. The second-order valence-corrected chi connectivity index (χ2v) is 9.74. The van der Waals surface area contributed by atoms with Crippen molar-refractivity contribution >= 4 is 21.0 Å². The van der Waals surface area contributed by atoms with Gasteiger partial charge >= 0.3 is 0 Å². The quantitative estimate of drug-likeness (QED) is 0.623. The van der Waals surface area contributed by atoms with Gasteiger partial charge in [0.1, 0.15) is 0 Å². The fourth-order valence-corrected chi connectivity index (χ4v) is 4.82. The fourth-order valence-electron chi connectivity index (χ4n) is 4.33. The molecule has 6 heteroatoms. The third kappa shape index (κ3) is 4.89. The lowest BCUT2D eigenvalue weighted by molar-refractivity contribution is 0.256. The van der Waals surface area contributed by atoms with Crippen LogP contribution in [0.5, 0.6) is 0 Å². The van der Waals surface area contributed by atoms with Gasteiger partial charge in [-0.05, 0) is 74.1 Å². The summed E-state index contributed by atoms with van der Waals surface area (Å²) in [5, 5.41) is 1.21.